The van der Waals surface area contributed by atoms with Gasteiger partial charge in [0, 0.05) is 31.6 Å². The van der Waals surface area contributed by atoms with Gasteiger partial charge < -0.3 is 14.2 Å². The van der Waals surface area contributed by atoms with Crippen molar-refractivity contribution in [2.24, 2.45) is 5.92 Å². The maximum atomic E-state index is 13.1. The Bertz CT molecular complexity index is 779. The van der Waals surface area contributed by atoms with Gasteiger partial charge in [-0.25, -0.2) is 0 Å². The van der Waals surface area contributed by atoms with Gasteiger partial charge in [-0.05, 0) is 50.2 Å². The van der Waals surface area contributed by atoms with Crippen molar-refractivity contribution in [3.05, 3.63) is 60.1 Å². The van der Waals surface area contributed by atoms with Crippen LogP contribution in [0.4, 0.5) is 0 Å². The van der Waals surface area contributed by atoms with E-state index in [0.29, 0.717) is 30.6 Å². The summed E-state index contributed by atoms with van der Waals surface area (Å²) in [7, 11) is 0. The summed E-state index contributed by atoms with van der Waals surface area (Å²) in [6.07, 6.45) is 8.78. The van der Waals surface area contributed by atoms with Crippen LogP contribution in [-0.4, -0.2) is 47.3 Å². The lowest BCUT2D eigenvalue weighted by Gasteiger charge is -2.35. The number of benzene rings is 1. The summed E-state index contributed by atoms with van der Waals surface area (Å²) < 4.78 is 5.01. The monoisotopic (exact) mass is 380 g/mol. The highest BCUT2D eigenvalue weighted by Crippen LogP contribution is 2.28. The number of aryl methyl sites for hydroxylation is 1. The lowest BCUT2D eigenvalue weighted by Crippen LogP contribution is -2.45. The third-order valence-corrected chi connectivity index (χ3v) is 6.17. The van der Waals surface area contributed by atoms with Crippen LogP contribution >= 0.6 is 0 Å². The molecule has 5 heteroatoms. The first-order valence-electron chi connectivity index (χ1n) is 10.4. The second-order valence-corrected chi connectivity index (χ2v) is 7.93. The fourth-order valence-electron chi connectivity index (χ4n) is 4.54. The lowest BCUT2D eigenvalue weighted by molar-refractivity contribution is -0.137. The second kappa shape index (κ2) is 8.63. The van der Waals surface area contributed by atoms with Crippen LogP contribution in [0.1, 0.15) is 48.0 Å². The average molecular weight is 380 g/mol. The van der Waals surface area contributed by atoms with Crippen LogP contribution in [0.3, 0.4) is 0 Å². The van der Waals surface area contributed by atoms with Crippen molar-refractivity contribution in [1.29, 1.82) is 0 Å². The minimum Gasteiger partial charge on any atom is -0.472 e. The number of piperidine rings is 1. The summed E-state index contributed by atoms with van der Waals surface area (Å²) in [5, 5.41) is 0. The Labute approximate surface area is 166 Å². The van der Waals surface area contributed by atoms with Gasteiger partial charge in [-0.3, -0.25) is 9.59 Å². The summed E-state index contributed by atoms with van der Waals surface area (Å²) in [5.74, 6) is 0.346. The fourth-order valence-corrected chi connectivity index (χ4v) is 4.54. The molecule has 148 valence electrons. The summed E-state index contributed by atoms with van der Waals surface area (Å²) in [6.45, 7) is 2.17. The Morgan fingerprint density at radius 2 is 1.79 bits per heavy atom. The Kier molecular flexibility index (Phi) is 5.79. The molecule has 28 heavy (non-hydrogen) atoms. The summed E-state index contributed by atoms with van der Waals surface area (Å²) in [4.78, 5) is 29.5. The minimum atomic E-state index is 0.00144. The van der Waals surface area contributed by atoms with E-state index >= 15 is 0 Å². The predicted octanol–water partition coefficient (Wildman–Crippen LogP) is 3.76. The summed E-state index contributed by atoms with van der Waals surface area (Å²) >= 11 is 0. The highest BCUT2D eigenvalue weighted by molar-refractivity contribution is 5.94. The third-order valence-electron chi connectivity index (χ3n) is 6.17. The Hall–Kier alpha value is -2.56. The van der Waals surface area contributed by atoms with Gasteiger partial charge in [0.25, 0.3) is 5.91 Å². The molecule has 4 rings (SSSR count). The van der Waals surface area contributed by atoms with E-state index in [4.69, 9.17) is 4.42 Å². The van der Waals surface area contributed by atoms with Crippen LogP contribution in [0, 0.1) is 5.92 Å². The van der Waals surface area contributed by atoms with E-state index in [9.17, 15) is 9.59 Å². The van der Waals surface area contributed by atoms with E-state index in [0.717, 1.165) is 45.1 Å². The number of carbonyl (C=O) groups excluding carboxylic acids is 2. The van der Waals surface area contributed by atoms with Gasteiger partial charge in [0.05, 0.1) is 11.8 Å². The van der Waals surface area contributed by atoms with Crippen molar-refractivity contribution >= 4 is 11.8 Å². The van der Waals surface area contributed by atoms with Crippen LogP contribution in [0.25, 0.3) is 0 Å². The van der Waals surface area contributed by atoms with Gasteiger partial charge in [-0.15, -0.1) is 0 Å². The first kappa shape index (κ1) is 18.8. The van der Waals surface area contributed by atoms with Crippen molar-refractivity contribution in [2.45, 2.75) is 44.6 Å². The zero-order valence-electron chi connectivity index (χ0n) is 16.3. The highest BCUT2D eigenvalue weighted by atomic mass is 16.3. The van der Waals surface area contributed by atoms with Crippen LogP contribution < -0.4 is 0 Å². The molecule has 2 aliphatic rings. The molecule has 1 aromatic heterocycles. The zero-order chi connectivity index (χ0) is 19.3. The standard InChI is InChI=1S/C23H28N2O3/c26-22(20-12-16-28-17-20)24-14-10-19(11-15-24)23(27)25-13-4-7-21(25)9-8-18-5-2-1-3-6-18/h1-3,5-6,12,16-17,19,21H,4,7-11,13-15H2. The molecule has 2 aromatic rings. The maximum absolute atomic E-state index is 13.1. The Balaban J connectivity index is 1.30. The molecule has 3 heterocycles. The molecular formula is C23H28N2O3. The maximum Gasteiger partial charge on any atom is 0.257 e. The number of likely N-dealkylation sites (tertiary alicyclic amines) is 2. The molecule has 0 radical (unpaired) electrons. The van der Waals surface area contributed by atoms with E-state index in [-0.39, 0.29) is 11.8 Å². The fraction of sp³-hybridized carbons (Fsp3) is 0.478. The van der Waals surface area contributed by atoms with Crippen molar-refractivity contribution in [1.82, 2.24) is 9.80 Å². The van der Waals surface area contributed by atoms with Gasteiger partial charge in [0.15, 0.2) is 0 Å². The second-order valence-electron chi connectivity index (χ2n) is 7.93. The number of carbonyl (C=O) groups is 2. The SMILES string of the molecule is O=C(c1ccoc1)N1CCC(C(=O)N2CCCC2CCc2ccccc2)CC1. The molecule has 0 bridgehead atoms. The highest BCUT2D eigenvalue weighted by Gasteiger charge is 2.35. The van der Waals surface area contributed by atoms with Gasteiger partial charge in [-0.1, -0.05) is 30.3 Å². The number of hydrogen-bond acceptors (Lipinski definition) is 3. The molecule has 0 spiro atoms. The van der Waals surface area contributed by atoms with E-state index in [1.165, 1.54) is 18.1 Å². The molecule has 0 aliphatic carbocycles. The Morgan fingerprint density at radius 3 is 2.50 bits per heavy atom. The number of hydrogen-bond donors (Lipinski definition) is 0. The van der Waals surface area contributed by atoms with Crippen molar-refractivity contribution < 1.29 is 14.0 Å². The van der Waals surface area contributed by atoms with Crippen LogP contribution in [0.15, 0.2) is 53.3 Å². The molecule has 5 nitrogen and oxygen atoms in total. The van der Waals surface area contributed by atoms with Crippen molar-refractivity contribution in [3.8, 4) is 0 Å². The number of rotatable bonds is 5. The first-order chi connectivity index (χ1) is 13.7. The van der Waals surface area contributed by atoms with Gasteiger partial charge >= 0.3 is 0 Å². The van der Waals surface area contributed by atoms with Crippen molar-refractivity contribution in [3.63, 3.8) is 0 Å². The average Bonchev–Trinajstić information content (AvgIpc) is 3.44. The molecule has 2 fully saturated rings. The molecule has 2 saturated heterocycles. The molecular weight excluding hydrogens is 352 g/mol. The number of furan rings is 1. The molecule has 1 atom stereocenters. The van der Waals surface area contributed by atoms with E-state index < -0.39 is 0 Å². The molecule has 0 N–H and O–H groups in total. The molecule has 2 amide bonds. The number of amides is 2. The lowest BCUT2D eigenvalue weighted by atomic mass is 9.94. The summed E-state index contributed by atoms with van der Waals surface area (Å²) in [6, 6.07) is 12.6. The van der Waals surface area contributed by atoms with Gasteiger partial charge in [0.1, 0.15) is 6.26 Å². The molecule has 1 unspecified atom stereocenters. The Morgan fingerprint density at radius 1 is 1.00 bits per heavy atom. The smallest absolute Gasteiger partial charge is 0.257 e. The normalized spacial score (nSPS) is 20.5. The van der Waals surface area contributed by atoms with Crippen LogP contribution in [0.5, 0.6) is 0 Å². The zero-order valence-corrected chi connectivity index (χ0v) is 16.3. The molecule has 2 aliphatic heterocycles. The minimum absolute atomic E-state index is 0.00144. The quantitative estimate of drug-likeness (QED) is 0.794. The van der Waals surface area contributed by atoms with E-state index in [2.05, 4.69) is 29.2 Å². The molecule has 0 saturated carbocycles. The van der Waals surface area contributed by atoms with Crippen LogP contribution in [0.2, 0.25) is 0 Å². The van der Waals surface area contributed by atoms with Gasteiger partial charge in [0.2, 0.25) is 5.91 Å². The number of nitrogens with zero attached hydrogens (tertiary/aromatic N) is 2. The topological polar surface area (TPSA) is 53.8 Å². The van der Waals surface area contributed by atoms with Crippen LogP contribution in [-0.2, 0) is 11.2 Å². The van der Waals surface area contributed by atoms with Gasteiger partial charge in [-0.2, -0.15) is 0 Å². The van der Waals surface area contributed by atoms with Crippen molar-refractivity contribution in [2.75, 3.05) is 19.6 Å². The van der Waals surface area contributed by atoms with E-state index in [1.807, 2.05) is 11.0 Å². The molecule has 1 aromatic carbocycles. The predicted molar refractivity (Wildman–Crippen MR) is 107 cm³/mol. The first-order valence-corrected chi connectivity index (χ1v) is 10.4. The van der Waals surface area contributed by atoms with E-state index in [1.54, 1.807) is 6.07 Å². The summed E-state index contributed by atoms with van der Waals surface area (Å²) in [5.41, 5.74) is 1.93. The third kappa shape index (κ3) is 4.13. The largest absolute Gasteiger partial charge is 0.472 e.